The molecule has 1 atom stereocenters. The highest BCUT2D eigenvalue weighted by Gasteiger charge is 2.43. The first-order chi connectivity index (χ1) is 19.0. The average molecular weight is 541 g/mol. The zero-order valence-electron chi connectivity index (χ0n) is 24.5. The lowest BCUT2D eigenvalue weighted by atomic mass is 9.81. The van der Waals surface area contributed by atoms with Crippen LogP contribution >= 0.6 is 0 Å². The molecule has 0 radical (unpaired) electrons. The molecule has 2 aromatic carbocycles. The van der Waals surface area contributed by atoms with Gasteiger partial charge in [-0.2, -0.15) is 4.58 Å². The fraction of sp³-hybridized carbons (Fsp3) is 0.441. The van der Waals surface area contributed by atoms with Crippen LogP contribution in [-0.2, 0) is 20.4 Å². The summed E-state index contributed by atoms with van der Waals surface area (Å²) in [5, 5.41) is 9.43. The molecule has 3 heterocycles. The number of carbonyl (C=O) groups is 2. The Morgan fingerprint density at radius 2 is 1.70 bits per heavy atom. The highest BCUT2D eigenvalue weighted by Crippen LogP contribution is 2.47. The topological polar surface area (TPSA) is 63.9 Å². The molecule has 1 N–H and O–H groups in total. The van der Waals surface area contributed by atoms with Crippen LogP contribution in [0.2, 0.25) is 0 Å². The Hall–Kier alpha value is -3.67. The standard InChI is InChI=1S/C34H41N3O3/c1-33(2)24-14-6-8-16-26(24)35(5)29(33)19-12-20-30-34(3,4)25-15-7-9-17-27(25)36(30)22-11-10-21-31(38)37-23-13-18-28(37)32(39)40/h6-9,12,14-17,19-20,28H,10-11,13,18,21-23H2,1-5H3/p+1. The average Bonchev–Trinajstić information content (AvgIpc) is 3.56. The van der Waals surface area contributed by atoms with E-state index in [1.54, 1.807) is 4.90 Å². The van der Waals surface area contributed by atoms with Crippen LogP contribution in [0.3, 0.4) is 0 Å². The van der Waals surface area contributed by atoms with Crippen LogP contribution in [0, 0.1) is 0 Å². The molecule has 2 aromatic rings. The Morgan fingerprint density at radius 1 is 1.00 bits per heavy atom. The molecule has 5 rings (SSSR count). The smallest absolute Gasteiger partial charge is 0.326 e. The molecule has 0 aliphatic carbocycles. The van der Waals surface area contributed by atoms with Gasteiger partial charge in [-0.3, -0.25) is 4.79 Å². The van der Waals surface area contributed by atoms with Gasteiger partial charge in [0.05, 0.1) is 5.41 Å². The molecule has 0 spiro atoms. The molecule has 1 fully saturated rings. The number of allylic oxidation sites excluding steroid dienone is 4. The number of anilines is 1. The molecular formula is C34H42N3O3+. The van der Waals surface area contributed by atoms with Crippen molar-refractivity contribution in [3.63, 3.8) is 0 Å². The number of hydrogen-bond donors (Lipinski definition) is 1. The number of nitrogens with zero attached hydrogens (tertiary/aromatic N) is 3. The Balaban J connectivity index is 1.33. The lowest BCUT2D eigenvalue weighted by Crippen LogP contribution is -2.40. The minimum atomic E-state index is -0.890. The third-order valence-corrected chi connectivity index (χ3v) is 9.13. The van der Waals surface area contributed by atoms with Crippen LogP contribution in [0.15, 0.2) is 72.5 Å². The van der Waals surface area contributed by atoms with Crippen LogP contribution in [0.5, 0.6) is 0 Å². The Kier molecular flexibility index (Phi) is 7.47. The van der Waals surface area contributed by atoms with Gasteiger partial charge in [0.25, 0.3) is 0 Å². The van der Waals surface area contributed by atoms with E-state index in [4.69, 9.17) is 0 Å². The molecule has 0 aromatic heterocycles. The number of unbranched alkanes of at least 4 members (excludes halogenated alkanes) is 1. The van der Waals surface area contributed by atoms with Crippen LogP contribution < -0.4 is 4.90 Å². The molecule has 0 saturated carbocycles. The van der Waals surface area contributed by atoms with E-state index in [9.17, 15) is 14.7 Å². The summed E-state index contributed by atoms with van der Waals surface area (Å²) in [6, 6.07) is 16.6. The van der Waals surface area contributed by atoms with Crippen molar-refractivity contribution in [1.29, 1.82) is 0 Å². The zero-order chi connectivity index (χ0) is 28.7. The van der Waals surface area contributed by atoms with Gasteiger partial charge in [-0.05, 0) is 57.2 Å². The van der Waals surface area contributed by atoms with Gasteiger partial charge < -0.3 is 14.9 Å². The van der Waals surface area contributed by atoms with Gasteiger partial charge >= 0.3 is 5.97 Å². The van der Waals surface area contributed by atoms with E-state index in [0.717, 1.165) is 25.8 Å². The summed E-state index contributed by atoms with van der Waals surface area (Å²) in [6.07, 6.45) is 10.00. The summed E-state index contributed by atoms with van der Waals surface area (Å²) in [6.45, 7) is 10.5. The minimum absolute atomic E-state index is 0.0351. The molecule has 3 aliphatic heterocycles. The van der Waals surface area contributed by atoms with Crippen molar-refractivity contribution in [1.82, 2.24) is 4.90 Å². The summed E-state index contributed by atoms with van der Waals surface area (Å²) < 4.78 is 2.29. The second-order valence-corrected chi connectivity index (χ2v) is 12.3. The summed E-state index contributed by atoms with van der Waals surface area (Å²) in [7, 11) is 2.14. The van der Waals surface area contributed by atoms with Crippen LogP contribution in [0.25, 0.3) is 0 Å². The van der Waals surface area contributed by atoms with Gasteiger partial charge in [0, 0.05) is 54.0 Å². The molecule has 6 heteroatoms. The van der Waals surface area contributed by atoms with Crippen molar-refractivity contribution in [3.8, 4) is 0 Å². The van der Waals surface area contributed by atoms with Gasteiger partial charge in [-0.25, -0.2) is 4.79 Å². The van der Waals surface area contributed by atoms with E-state index in [1.165, 1.54) is 33.9 Å². The van der Waals surface area contributed by atoms with Crippen molar-refractivity contribution in [2.45, 2.75) is 76.7 Å². The lowest BCUT2D eigenvalue weighted by Gasteiger charge is -2.27. The van der Waals surface area contributed by atoms with Crippen molar-refractivity contribution in [2.75, 3.05) is 25.0 Å². The Morgan fingerprint density at radius 3 is 2.42 bits per heavy atom. The van der Waals surface area contributed by atoms with Gasteiger partial charge in [-0.1, -0.05) is 56.3 Å². The number of carboxylic acid groups (broad SMARTS) is 1. The quantitative estimate of drug-likeness (QED) is 0.321. The second-order valence-electron chi connectivity index (χ2n) is 12.3. The summed E-state index contributed by atoms with van der Waals surface area (Å²) in [4.78, 5) is 28.2. The highest BCUT2D eigenvalue weighted by atomic mass is 16.4. The second kappa shape index (κ2) is 10.7. The summed E-state index contributed by atoms with van der Waals surface area (Å²) in [5.74, 6) is -0.925. The minimum Gasteiger partial charge on any atom is -0.480 e. The SMILES string of the molecule is C[N+]1=C(C=CC=C2N(CCCCC(=O)N3CCCC3C(=O)O)c3ccccc3C2(C)C)C(C)(C)c2ccccc21. The number of carbonyl (C=O) groups excluding carboxylic acids is 1. The first-order valence-corrected chi connectivity index (χ1v) is 14.5. The van der Waals surface area contributed by atoms with Crippen molar-refractivity contribution in [3.05, 3.63) is 83.6 Å². The van der Waals surface area contributed by atoms with Crippen molar-refractivity contribution < 1.29 is 19.3 Å². The largest absolute Gasteiger partial charge is 0.480 e. The summed E-state index contributed by atoms with van der Waals surface area (Å²) >= 11 is 0. The number of likely N-dealkylation sites (tertiary alicyclic amines) is 1. The lowest BCUT2D eigenvalue weighted by molar-refractivity contribution is -0.401. The molecule has 40 heavy (non-hydrogen) atoms. The zero-order valence-corrected chi connectivity index (χ0v) is 24.5. The van der Waals surface area contributed by atoms with Crippen LogP contribution in [0.4, 0.5) is 11.4 Å². The third-order valence-electron chi connectivity index (χ3n) is 9.13. The van der Waals surface area contributed by atoms with E-state index in [-0.39, 0.29) is 16.7 Å². The van der Waals surface area contributed by atoms with Gasteiger partial charge in [0.2, 0.25) is 11.6 Å². The molecule has 1 unspecified atom stereocenters. The molecule has 1 amide bonds. The summed E-state index contributed by atoms with van der Waals surface area (Å²) in [5.41, 5.74) is 7.43. The van der Waals surface area contributed by atoms with E-state index in [2.05, 4.69) is 111 Å². The molecule has 210 valence electrons. The number of aliphatic carboxylic acids is 1. The van der Waals surface area contributed by atoms with E-state index in [1.807, 2.05) is 0 Å². The molecule has 3 aliphatic rings. The maximum absolute atomic E-state index is 12.8. The number of fused-ring (bicyclic) bond motifs is 2. The number of benzene rings is 2. The number of carboxylic acids is 1. The third kappa shape index (κ3) is 4.78. The number of para-hydroxylation sites is 2. The normalized spacial score (nSPS) is 21.9. The first kappa shape index (κ1) is 27.9. The molecule has 6 nitrogen and oxygen atoms in total. The van der Waals surface area contributed by atoms with Gasteiger partial charge in [0.15, 0.2) is 5.71 Å². The Bertz CT molecular complexity index is 1420. The van der Waals surface area contributed by atoms with Gasteiger partial charge in [-0.15, -0.1) is 0 Å². The number of rotatable bonds is 8. The van der Waals surface area contributed by atoms with E-state index < -0.39 is 12.0 Å². The van der Waals surface area contributed by atoms with Crippen LogP contribution in [-0.4, -0.2) is 58.3 Å². The maximum atomic E-state index is 12.8. The fourth-order valence-electron chi connectivity index (χ4n) is 6.93. The number of amides is 1. The fourth-order valence-corrected chi connectivity index (χ4v) is 6.93. The molecular weight excluding hydrogens is 498 g/mol. The van der Waals surface area contributed by atoms with Gasteiger partial charge in [0.1, 0.15) is 13.1 Å². The monoisotopic (exact) mass is 540 g/mol. The Labute approximate surface area is 238 Å². The van der Waals surface area contributed by atoms with Crippen molar-refractivity contribution >= 4 is 29.0 Å². The first-order valence-electron chi connectivity index (χ1n) is 14.5. The van der Waals surface area contributed by atoms with Crippen LogP contribution in [0.1, 0.15) is 70.9 Å². The van der Waals surface area contributed by atoms with E-state index in [0.29, 0.717) is 19.4 Å². The predicted octanol–water partition coefficient (Wildman–Crippen LogP) is 6.18. The predicted molar refractivity (Wildman–Crippen MR) is 161 cm³/mol. The molecule has 0 bridgehead atoms. The maximum Gasteiger partial charge on any atom is 0.326 e. The van der Waals surface area contributed by atoms with Crippen molar-refractivity contribution in [2.24, 2.45) is 0 Å². The van der Waals surface area contributed by atoms with E-state index >= 15 is 0 Å². The molecule has 1 saturated heterocycles. The highest BCUT2D eigenvalue weighted by molar-refractivity contribution is 6.03. The number of hydrogen-bond acceptors (Lipinski definition) is 3.